The van der Waals surface area contributed by atoms with Gasteiger partial charge in [0, 0.05) is 58.4 Å². The first-order chi connectivity index (χ1) is 18.2. The number of carbonyl (C=O) groups is 2. The van der Waals surface area contributed by atoms with E-state index in [0.717, 1.165) is 50.4 Å². The Kier molecular flexibility index (Phi) is 9.09. The largest absolute Gasteiger partial charge is 0.508 e. The van der Waals surface area contributed by atoms with Crippen molar-refractivity contribution >= 4 is 12.0 Å². The quantitative estimate of drug-likeness (QED) is 0.403. The van der Waals surface area contributed by atoms with Crippen molar-refractivity contribution in [2.45, 2.75) is 39.4 Å². The van der Waals surface area contributed by atoms with Crippen LogP contribution in [-0.4, -0.2) is 89.5 Å². The lowest BCUT2D eigenvalue weighted by molar-refractivity contribution is 0.0502. The number of aromatic hydroxyl groups is 2. The first kappa shape index (κ1) is 27.7. The lowest BCUT2D eigenvalue weighted by Crippen LogP contribution is -2.46. The molecule has 0 aliphatic carbocycles. The standard InChI is InChI=1S/C28H38N4O6/c1-19(2)23-14-24(26(34)15-25(23)33)27(35)32-17-21-4-3-20(13-22(21)18-32)16-31-7-5-30(6-8-31)9-10-37-11-12-38-28(29)36/h3-4,13-15,19,33-34H,5-12,16-18H2,1-2H3,(H2,29,36). The van der Waals surface area contributed by atoms with Gasteiger partial charge < -0.3 is 30.3 Å². The Bertz CT molecular complexity index is 1150. The number of ether oxygens (including phenoxy) is 2. The number of nitrogens with two attached hydrogens (primary N) is 1. The van der Waals surface area contributed by atoms with Gasteiger partial charge in [-0.3, -0.25) is 14.6 Å². The van der Waals surface area contributed by atoms with Gasteiger partial charge >= 0.3 is 6.09 Å². The Morgan fingerprint density at radius 3 is 2.34 bits per heavy atom. The topological polar surface area (TPSA) is 129 Å². The number of hydrogen-bond acceptors (Lipinski definition) is 8. The molecule has 1 fully saturated rings. The highest BCUT2D eigenvalue weighted by Gasteiger charge is 2.28. The monoisotopic (exact) mass is 526 g/mol. The molecule has 206 valence electrons. The average Bonchev–Trinajstić information content (AvgIpc) is 3.30. The van der Waals surface area contributed by atoms with Gasteiger partial charge in [0.05, 0.1) is 18.8 Å². The number of rotatable bonds is 10. The van der Waals surface area contributed by atoms with Gasteiger partial charge in [0.2, 0.25) is 0 Å². The van der Waals surface area contributed by atoms with Crippen LogP contribution < -0.4 is 5.73 Å². The third kappa shape index (κ3) is 6.94. The zero-order chi connectivity index (χ0) is 27.2. The van der Waals surface area contributed by atoms with Gasteiger partial charge in [-0.05, 0) is 34.2 Å². The molecule has 0 bridgehead atoms. The van der Waals surface area contributed by atoms with Crippen molar-refractivity contribution < 1.29 is 29.3 Å². The van der Waals surface area contributed by atoms with Gasteiger partial charge in [0.25, 0.3) is 5.91 Å². The SMILES string of the molecule is CC(C)c1cc(C(=O)N2Cc3ccc(CN4CCN(CCOCCOC(N)=O)CC4)cc3C2)c(O)cc1O. The van der Waals surface area contributed by atoms with Crippen LogP contribution in [0.4, 0.5) is 4.79 Å². The molecule has 2 heterocycles. The Morgan fingerprint density at radius 2 is 1.63 bits per heavy atom. The number of hydrogen-bond donors (Lipinski definition) is 3. The summed E-state index contributed by atoms with van der Waals surface area (Å²) in [5.74, 6) is -0.394. The Balaban J connectivity index is 1.26. The highest BCUT2D eigenvalue weighted by molar-refractivity contribution is 5.97. The smallest absolute Gasteiger partial charge is 0.404 e. The van der Waals surface area contributed by atoms with Gasteiger partial charge in [0.15, 0.2) is 0 Å². The molecule has 0 spiro atoms. The number of primary amides is 1. The average molecular weight is 527 g/mol. The molecule has 0 unspecified atom stereocenters. The summed E-state index contributed by atoms with van der Waals surface area (Å²) in [6.07, 6.45) is -0.784. The molecular weight excluding hydrogens is 488 g/mol. The molecule has 4 rings (SSSR count). The summed E-state index contributed by atoms with van der Waals surface area (Å²) in [7, 11) is 0. The fourth-order valence-electron chi connectivity index (χ4n) is 5.01. The molecule has 1 saturated heterocycles. The predicted molar refractivity (Wildman–Crippen MR) is 142 cm³/mol. The number of nitrogens with zero attached hydrogens (tertiary/aromatic N) is 3. The minimum atomic E-state index is -0.784. The van der Waals surface area contributed by atoms with Crippen molar-refractivity contribution in [2.75, 3.05) is 52.5 Å². The van der Waals surface area contributed by atoms with Crippen LogP contribution in [0.1, 0.15) is 52.4 Å². The number of amides is 2. The first-order valence-electron chi connectivity index (χ1n) is 13.1. The molecule has 2 aromatic carbocycles. The second-order valence-electron chi connectivity index (χ2n) is 10.2. The van der Waals surface area contributed by atoms with Crippen LogP contribution in [0.5, 0.6) is 11.5 Å². The summed E-state index contributed by atoms with van der Waals surface area (Å²) in [5, 5.41) is 20.5. The van der Waals surface area contributed by atoms with E-state index >= 15 is 0 Å². The second-order valence-corrected chi connectivity index (χ2v) is 10.2. The van der Waals surface area contributed by atoms with E-state index in [9.17, 15) is 19.8 Å². The van der Waals surface area contributed by atoms with E-state index in [1.165, 1.54) is 11.6 Å². The summed E-state index contributed by atoms with van der Waals surface area (Å²) in [6, 6.07) is 9.29. The molecule has 10 nitrogen and oxygen atoms in total. The Labute approximate surface area is 223 Å². The number of benzene rings is 2. The molecule has 0 saturated carbocycles. The molecule has 2 amide bonds. The van der Waals surface area contributed by atoms with Crippen LogP contribution in [0.2, 0.25) is 0 Å². The van der Waals surface area contributed by atoms with Crippen molar-refractivity contribution in [1.29, 1.82) is 0 Å². The first-order valence-corrected chi connectivity index (χ1v) is 13.1. The van der Waals surface area contributed by atoms with Crippen LogP contribution in [0, 0.1) is 0 Å². The lowest BCUT2D eigenvalue weighted by Gasteiger charge is -2.34. The normalized spacial score (nSPS) is 16.1. The predicted octanol–water partition coefficient (Wildman–Crippen LogP) is 2.61. The molecule has 4 N–H and O–H groups in total. The molecule has 0 aromatic heterocycles. The maximum absolute atomic E-state index is 13.2. The molecule has 0 radical (unpaired) electrons. The highest BCUT2D eigenvalue weighted by atomic mass is 16.6. The molecule has 38 heavy (non-hydrogen) atoms. The van der Waals surface area contributed by atoms with Crippen LogP contribution in [0.3, 0.4) is 0 Å². The molecule has 2 aliphatic heterocycles. The highest BCUT2D eigenvalue weighted by Crippen LogP contribution is 2.34. The summed E-state index contributed by atoms with van der Waals surface area (Å²) in [5.41, 5.74) is 9.27. The van der Waals surface area contributed by atoms with E-state index in [4.69, 9.17) is 10.5 Å². The second kappa shape index (κ2) is 12.5. The minimum absolute atomic E-state index is 0.00438. The maximum atomic E-state index is 13.2. The number of phenolic OH excluding ortho intramolecular Hbond substituents is 2. The number of carbonyl (C=O) groups excluding carboxylic acids is 2. The van der Waals surface area contributed by atoms with E-state index < -0.39 is 6.09 Å². The molecule has 10 heteroatoms. The van der Waals surface area contributed by atoms with E-state index in [0.29, 0.717) is 31.9 Å². The van der Waals surface area contributed by atoms with Gasteiger partial charge in [-0.25, -0.2) is 4.79 Å². The van der Waals surface area contributed by atoms with Crippen molar-refractivity contribution in [2.24, 2.45) is 5.73 Å². The van der Waals surface area contributed by atoms with Crippen molar-refractivity contribution in [3.8, 4) is 11.5 Å². The zero-order valence-corrected chi connectivity index (χ0v) is 22.2. The van der Waals surface area contributed by atoms with Gasteiger partial charge in [-0.2, -0.15) is 0 Å². The lowest BCUT2D eigenvalue weighted by atomic mass is 9.98. The van der Waals surface area contributed by atoms with E-state index in [-0.39, 0.29) is 35.5 Å². The van der Waals surface area contributed by atoms with Crippen LogP contribution in [0.25, 0.3) is 0 Å². The van der Waals surface area contributed by atoms with E-state index in [1.807, 2.05) is 13.8 Å². The number of piperazine rings is 1. The molecule has 2 aromatic rings. The Hall–Kier alpha value is -3.34. The summed E-state index contributed by atoms with van der Waals surface area (Å²) >= 11 is 0. The summed E-state index contributed by atoms with van der Waals surface area (Å²) in [4.78, 5) is 30.3. The fourth-order valence-corrected chi connectivity index (χ4v) is 5.01. The molecule has 0 atom stereocenters. The van der Waals surface area contributed by atoms with Gasteiger partial charge in [-0.15, -0.1) is 0 Å². The minimum Gasteiger partial charge on any atom is -0.508 e. The van der Waals surface area contributed by atoms with Crippen LogP contribution in [-0.2, 0) is 29.1 Å². The van der Waals surface area contributed by atoms with E-state index in [2.05, 4.69) is 32.7 Å². The Morgan fingerprint density at radius 1 is 0.921 bits per heavy atom. The zero-order valence-electron chi connectivity index (χ0n) is 22.2. The fraction of sp³-hybridized carbons (Fsp3) is 0.500. The van der Waals surface area contributed by atoms with Gasteiger partial charge in [0.1, 0.15) is 18.1 Å². The number of fused-ring (bicyclic) bond motifs is 1. The number of phenols is 2. The third-order valence-corrected chi connectivity index (χ3v) is 7.17. The summed E-state index contributed by atoms with van der Waals surface area (Å²) < 4.78 is 10.1. The van der Waals surface area contributed by atoms with Gasteiger partial charge in [-0.1, -0.05) is 32.0 Å². The molecular formula is C28H38N4O6. The van der Waals surface area contributed by atoms with Crippen LogP contribution >= 0.6 is 0 Å². The molecule has 2 aliphatic rings. The summed E-state index contributed by atoms with van der Waals surface area (Å²) in [6.45, 7) is 11.5. The van der Waals surface area contributed by atoms with Crippen molar-refractivity contribution in [3.63, 3.8) is 0 Å². The van der Waals surface area contributed by atoms with Crippen molar-refractivity contribution in [1.82, 2.24) is 14.7 Å². The maximum Gasteiger partial charge on any atom is 0.404 e. The van der Waals surface area contributed by atoms with E-state index in [1.54, 1.807) is 11.0 Å². The van der Waals surface area contributed by atoms with Crippen LogP contribution in [0.15, 0.2) is 30.3 Å². The third-order valence-electron chi connectivity index (χ3n) is 7.17. The van der Waals surface area contributed by atoms with Crippen molar-refractivity contribution in [3.05, 3.63) is 58.1 Å².